The normalized spacial score (nSPS) is 12.9. The summed E-state index contributed by atoms with van der Waals surface area (Å²) in [5, 5.41) is 3.87. The van der Waals surface area contributed by atoms with Crippen molar-refractivity contribution in [1.29, 1.82) is 0 Å². The van der Waals surface area contributed by atoms with Gasteiger partial charge in [-0.3, -0.25) is 14.4 Å². The fourth-order valence-electron chi connectivity index (χ4n) is 3.26. The van der Waals surface area contributed by atoms with Crippen molar-refractivity contribution in [3.8, 4) is 0 Å². The molecule has 31 heavy (non-hydrogen) atoms. The van der Waals surface area contributed by atoms with Gasteiger partial charge in [0.1, 0.15) is 11.9 Å². The molecular weight excluding hydrogens is 416 g/mol. The number of halogens is 1. The van der Waals surface area contributed by atoms with Gasteiger partial charge in [-0.2, -0.15) is 0 Å². The zero-order chi connectivity index (χ0) is 22.5. The van der Waals surface area contributed by atoms with Gasteiger partial charge in [0.25, 0.3) is 11.5 Å². The number of benzene rings is 2. The second kappa shape index (κ2) is 9.75. The minimum Gasteiger partial charge on any atom is -0.340 e. The van der Waals surface area contributed by atoms with Crippen molar-refractivity contribution < 1.29 is 9.59 Å². The zero-order valence-corrected chi connectivity index (χ0v) is 18.4. The summed E-state index contributed by atoms with van der Waals surface area (Å²) in [5.74, 6) is -0.310. The summed E-state index contributed by atoms with van der Waals surface area (Å²) < 4.78 is 0. The van der Waals surface area contributed by atoms with Crippen LogP contribution in [0.25, 0.3) is 10.9 Å². The summed E-state index contributed by atoms with van der Waals surface area (Å²) in [6, 6.07) is 12.8. The number of H-pyrrole nitrogens is 1. The Hall–Kier alpha value is -3.19. The first-order chi connectivity index (χ1) is 14.8. The number of fused-ring (bicyclic) bond motifs is 1. The highest BCUT2D eigenvalue weighted by Crippen LogP contribution is 2.15. The lowest BCUT2D eigenvalue weighted by molar-refractivity contribution is -0.133. The summed E-state index contributed by atoms with van der Waals surface area (Å²) in [4.78, 5) is 46.8. The van der Waals surface area contributed by atoms with Crippen LogP contribution in [0.5, 0.6) is 0 Å². The second-order valence-corrected chi connectivity index (χ2v) is 8.00. The summed E-state index contributed by atoms with van der Waals surface area (Å²) in [6.45, 7) is 3.99. The number of aromatic amines is 1. The van der Waals surface area contributed by atoms with Crippen LogP contribution in [-0.2, 0) is 11.3 Å². The topological polar surface area (TPSA) is 95.2 Å². The van der Waals surface area contributed by atoms with Gasteiger partial charge in [0, 0.05) is 17.6 Å². The van der Waals surface area contributed by atoms with E-state index in [4.69, 9.17) is 11.6 Å². The van der Waals surface area contributed by atoms with Crippen LogP contribution in [0.1, 0.15) is 36.5 Å². The third kappa shape index (κ3) is 5.30. The standard InChI is InChI=1S/C23H25ClN4O3/c1-4-14(2)20(27-21(29)15-9-11-16(24)12-10-15)23(31)28(3)13-19-25-18-8-6-5-7-17(18)22(30)26-19/h5-12,14,20H,4,13H2,1-3H3,(H,27,29)(H,25,26,30)/t14-,20-/m0/s1. The third-order valence-corrected chi connectivity index (χ3v) is 5.55. The van der Waals surface area contributed by atoms with Crippen molar-refractivity contribution in [3.05, 3.63) is 75.3 Å². The predicted molar refractivity (Wildman–Crippen MR) is 121 cm³/mol. The maximum absolute atomic E-state index is 13.2. The zero-order valence-electron chi connectivity index (χ0n) is 17.7. The maximum atomic E-state index is 13.2. The van der Waals surface area contributed by atoms with E-state index in [9.17, 15) is 14.4 Å². The number of likely N-dealkylation sites (N-methyl/N-ethyl adjacent to an activating group) is 1. The molecule has 2 N–H and O–H groups in total. The third-order valence-electron chi connectivity index (χ3n) is 5.30. The molecule has 0 aliphatic carbocycles. The molecule has 0 saturated carbocycles. The summed E-state index contributed by atoms with van der Waals surface area (Å²) in [7, 11) is 1.63. The molecule has 2 amide bonds. The van der Waals surface area contributed by atoms with E-state index < -0.39 is 6.04 Å². The highest BCUT2D eigenvalue weighted by molar-refractivity contribution is 6.30. The number of nitrogens with one attached hydrogen (secondary N) is 2. The Morgan fingerprint density at radius 1 is 1.16 bits per heavy atom. The van der Waals surface area contributed by atoms with E-state index in [-0.39, 0.29) is 29.8 Å². The molecule has 0 unspecified atom stereocenters. The van der Waals surface area contributed by atoms with Crippen LogP contribution in [-0.4, -0.2) is 39.8 Å². The van der Waals surface area contributed by atoms with Gasteiger partial charge in [-0.1, -0.05) is 44.0 Å². The molecule has 3 rings (SSSR count). The average Bonchev–Trinajstić information content (AvgIpc) is 2.76. The summed E-state index contributed by atoms with van der Waals surface area (Å²) in [6.07, 6.45) is 0.705. The number of aromatic nitrogens is 2. The Bertz CT molecular complexity index is 1140. The number of nitrogens with zero attached hydrogens (tertiary/aromatic N) is 2. The Labute approximate surface area is 185 Å². The van der Waals surface area contributed by atoms with Crippen LogP contribution in [0, 0.1) is 5.92 Å². The highest BCUT2D eigenvalue weighted by atomic mass is 35.5. The molecule has 0 aliphatic heterocycles. The van der Waals surface area contributed by atoms with Crippen molar-refractivity contribution in [2.24, 2.45) is 5.92 Å². The van der Waals surface area contributed by atoms with E-state index in [1.165, 1.54) is 4.90 Å². The van der Waals surface area contributed by atoms with Gasteiger partial charge in [0.05, 0.1) is 17.4 Å². The smallest absolute Gasteiger partial charge is 0.258 e. The largest absolute Gasteiger partial charge is 0.340 e. The van der Waals surface area contributed by atoms with Gasteiger partial charge in [-0.25, -0.2) is 4.98 Å². The van der Waals surface area contributed by atoms with Crippen LogP contribution in [0.4, 0.5) is 0 Å². The van der Waals surface area contributed by atoms with Gasteiger partial charge < -0.3 is 15.2 Å². The van der Waals surface area contributed by atoms with Crippen molar-refractivity contribution in [2.75, 3.05) is 7.05 Å². The number of rotatable bonds is 7. The van der Waals surface area contributed by atoms with E-state index in [0.29, 0.717) is 33.7 Å². The van der Waals surface area contributed by atoms with Crippen molar-refractivity contribution in [3.63, 3.8) is 0 Å². The number of hydrogen-bond donors (Lipinski definition) is 2. The SMILES string of the molecule is CC[C@H](C)[C@H](NC(=O)c1ccc(Cl)cc1)C(=O)N(C)Cc1nc2ccccc2c(=O)[nH]1. The number of amides is 2. The first kappa shape index (κ1) is 22.5. The first-order valence-electron chi connectivity index (χ1n) is 10.1. The van der Waals surface area contributed by atoms with Gasteiger partial charge >= 0.3 is 0 Å². The Morgan fingerprint density at radius 3 is 2.52 bits per heavy atom. The second-order valence-electron chi connectivity index (χ2n) is 7.57. The lowest BCUT2D eigenvalue weighted by Crippen LogP contribution is -2.50. The molecule has 0 fully saturated rings. The Morgan fingerprint density at radius 2 is 1.84 bits per heavy atom. The number of hydrogen-bond acceptors (Lipinski definition) is 4. The van der Waals surface area contributed by atoms with Crippen molar-refractivity contribution in [1.82, 2.24) is 20.2 Å². The predicted octanol–water partition coefficient (Wildman–Crippen LogP) is 3.38. The van der Waals surface area contributed by atoms with Crippen LogP contribution in [0.2, 0.25) is 5.02 Å². The number of carbonyl (C=O) groups excluding carboxylic acids is 2. The summed E-state index contributed by atoms with van der Waals surface area (Å²) >= 11 is 5.89. The molecule has 1 aromatic heterocycles. The monoisotopic (exact) mass is 440 g/mol. The van der Waals surface area contributed by atoms with Gasteiger partial charge in [0.2, 0.25) is 5.91 Å². The van der Waals surface area contributed by atoms with Gasteiger partial charge in [-0.15, -0.1) is 0 Å². The first-order valence-corrected chi connectivity index (χ1v) is 10.5. The Balaban J connectivity index is 1.78. The van der Waals surface area contributed by atoms with E-state index >= 15 is 0 Å². The maximum Gasteiger partial charge on any atom is 0.258 e. The summed E-state index contributed by atoms with van der Waals surface area (Å²) in [5.41, 5.74) is 0.737. The van der Waals surface area contributed by atoms with Crippen molar-refractivity contribution in [2.45, 2.75) is 32.9 Å². The molecule has 7 nitrogen and oxygen atoms in total. The van der Waals surface area contributed by atoms with Crippen LogP contribution in [0.15, 0.2) is 53.3 Å². The van der Waals surface area contributed by atoms with Crippen LogP contribution < -0.4 is 10.9 Å². The molecule has 0 bridgehead atoms. The molecule has 0 radical (unpaired) electrons. The molecular formula is C23H25ClN4O3. The average molecular weight is 441 g/mol. The molecule has 162 valence electrons. The molecule has 3 aromatic rings. The molecule has 2 atom stereocenters. The molecule has 8 heteroatoms. The minimum atomic E-state index is -0.717. The fraction of sp³-hybridized carbons (Fsp3) is 0.304. The molecule has 0 saturated heterocycles. The number of para-hydroxylation sites is 1. The fourth-order valence-corrected chi connectivity index (χ4v) is 3.38. The molecule has 1 heterocycles. The Kier molecular flexibility index (Phi) is 7.07. The van der Waals surface area contributed by atoms with Gasteiger partial charge in [-0.05, 0) is 42.3 Å². The molecule has 0 aliphatic rings. The minimum absolute atomic E-state index is 0.0881. The van der Waals surface area contributed by atoms with Crippen LogP contribution in [0.3, 0.4) is 0 Å². The molecule has 2 aromatic carbocycles. The molecule has 0 spiro atoms. The lowest BCUT2D eigenvalue weighted by Gasteiger charge is -2.28. The lowest BCUT2D eigenvalue weighted by atomic mass is 9.97. The van der Waals surface area contributed by atoms with E-state index in [1.807, 2.05) is 13.8 Å². The van der Waals surface area contributed by atoms with Gasteiger partial charge in [0.15, 0.2) is 0 Å². The van der Waals surface area contributed by atoms with Crippen molar-refractivity contribution >= 4 is 34.3 Å². The van der Waals surface area contributed by atoms with E-state index in [2.05, 4.69) is 15.3 Å². The quantitative estimate of drug-likeness (QED) is 0.588. The highest BCUT2D eigenvalue weighted by Gasteiger charge is 2.29. The van der Waals surface area contributed by atoms with Crippen LogP contribution >= 0.6 is 11.6 Å². The van der Waals surface area contributed by atoms with E-state index in [1.54, 1.807) is 55.6 Å². The number of carbonyl (C=O) groups is 2. The van der Waals surface area contributed by atoms with E-state index in [0.717, 1.165) is 0 Å².